The van der Waals surface area contributed by atoms with Gasteiger partial charge in [0.15, 0.2) is 17.6 Å². The molecule has 1 heterocycles. The monoisotopic (exact) mass is 536 g/mol. The molecule has 0 bridgehead atoms. The third kappa shape index (κ3) is 5.63. The summed E-state index contributed by atoms with van der Waals surface area (Å²) in [6.07, 6.45) is 2.55. The molecule has 0 N–H and O–H groups in total. The summed E-state index contributed by atoms with van der Waals surface area (Å²) in [6.45, 7) is 0.832. The predicted octanol–water partition coefficient (Wildman–Crippen LogP) is 4.46. The molecular formula is C29H32N2O6S. The van der Waals surface area contributed by atoms with Crippen molar-refractivity contribution >= 4 is 21.6 Å². The van der Waals surface area contributed by atoms with Crippen LogP contribution < -0.4 is 19.1 Å². The molecular weight excluding hydrogens is 504 g/mol. The van der Waals surface area contributed by atoms with Crippen LogP contribution in [0.3, 0.4) is 0 Å². The highest BCUT2D eigenvalue weighted by atomic mass is 32.2. The van der Waals surface area contributed by atoms with E-state index in [0.29, 0.717) is 41.8 Å². The second kappa shape index (κ2) is 11.0. The molecule has 1 aliphatic carbocycles. The Bertz CT molecular complexity index is 1370. The van der Waals surface area contributed by atoms with Crippen LogP contribution in [-0.2, 0) is 14.8 Å². The van der Waals surface area contributed by atoms with Gasteiger partial charge in [-0.2, -0.15) is 4.31 Å². The lowest BCUT2D eigenvalue weighted by molar-refractivity contribution is -0.122. The Morgan fingerprint density at radius 2 is 1.68 bits per heavy atom. The standard InChI is InChI=1S/C29H32N2O6S/c1-30(38(33,34)25-6-4-3-5-7-25)18-19-36-26-15-12-23(20-28(26)35-2)31-17-16-27(29(31)32)37-24-13-10-22(11-14-24)21-8-9-21/h3-7,10-15,20-21,27H,8-9,16-19H2,1-2H3/t27-/m0/s1. The number of hydrogen-bond donors (Lipinski definition) is 0. The van der Waals surface area contributed by atoms with E-state index in [-0.39, 0.29) is 24.0 Å². The van der Waals surface area contributed by atoms with Crippen molar-refractivity contribution in [2.75, 3.05) is 38.8 Å². The second-order valence-corrected chi connectivity index (χ2v) is 11.6. The predicted molar refractivity (Wildman–Crippen MR) is 145 cm³/mol. The molecule has 0 aromatic heterocycles. The Hall–Kier alpha value is -3.56. The summed E-state index contributed by atoms with van der Waals surface area (Å²) in [6, 6.07) is 21.6. The van der Waals surface area contributed by atoms with Crippen LogP contribution in [0.4, 0.5) is 5.69 Å². The first-order chi connectivity index (χ1) is 18.4. The van der Waals surface area contributed by atoms with Crippen LogP contribution in [0.25, 0.3) is 0 Å². The van der Waals surface area contributed by atoms with Gasteiger partial charge in [0, 0.05) is 38.3 Å². The molecule has 1 saturated heterocycles. The van der Waals surface area contributed by atoms with Crippen molar-refractivity contribution < 1.29 is 27.4 Å². The Morgan fingerprint density at radius 3 is 2.37 bits per heavy atom. The van der Waals surface area contributed by atoms with Crippen molar-refractivity contribution in [1.29, 1.82) is 0 Å². The average molecular weight is 537 g/mol. The number of methoxy groups -OCH3 is 1. The van der Waals surface area contributed by atoms with E-state index in [1.54, 1.807) is 53.4 Å². The van der Waals surface area contributed by atoms with E-state index in [4.69, 9.17) is 14.2 Å². The minimum Gasteiger partial charge on any atom is -0.493 e. The van der Waals surface area contributed by atoms with Gasteiger partial charge in [-0.05, 0) is 60.7 Å². The smallest absolute Gasteiger partial charge is 0.268 e. The molecule has 8 nitrogen and oxygen atoms in total. The van der Waals surface area contributed by atoms with Crippen LogP contribution >= 0.6 is 0 Å². The zero-order valence-electron chi connectivity index (χ0n) is 21.6. The number of anilines is 1. The number of nitrogens with zero attached hydrogens (tertiary/aromatic N) is 2. The molecule has 1 saturated carbocycles. The van der Waals surface area contributed by atoms with Crippen LogP contribution in [0.1, 0.15) is 30.7 Å². The van der Waals surface area contributed by atoms with E-state index in [9.17, 15) is 13.2 Å². The molecule has 2 fully saturated rings. The van der Waals surface area contributed by atoms with Crippen molar-refractivity contribution in [3.05, 3.63) is 78.4 Å². The van der Waals surface area contributed by atoms with Gasteiger partial charge in [0.05, 0.1) is 12.0 Å². The van der Waals surface area contributed by atoms with Gasteiger partial charge in [-0.25, -0.2) is 8.42 Å². The average Bonchev–Trinajstić information content (AvgIpc) is 3.73. The summed E-state index contributed by atoms with van der Waals surface area (Å²) < 4.78 is 44.0. The molecule has 2 aliphatic rings. The van der Waals surface area contributed by atoms with Crippen molar-refractivity contribution in [3.8, 4) is 17.2 Å². The second-order valence-electron chi connectivity index (χ2n) is 9.55. The number of likely N-dealkylation sites (N-methyl/N-ethyl adjacent to an activating group) is 1. The molecule has 3 aromatic rings. The van der Waals surface area contributed by atoms with Crippen LogP contribution in [0.15, 0.2) is 77.7 Å². The molecule has 200 valence electrons. The van der Waals surface area contributed by atoms with E-state index in [1.165, 1.54) is 36.9 Å². The summed E-state index contributed by atoms with van der Waals surface area (Å²) in [5, 5.41) is 0. The normalized spacial score (nSPS) is 17.6. The summed E-state index contributed by atoms with van der Waals surface area (Å²) >= 11 is 0. The van der Waals surface area contributed by atoms with E-state index >= 15 is 0 Å². The summed E-state index contributed by atoms with van der Waals surface area (Å²) in [7, 11) is -0.551. The van der Waals surface area contributed by atoms with Gasteiger partial charge in [0.25, 0.3) is 5.91 Å². The van der Waals surface area contributed by atoms with Crippen molar-refractivity contribution in [2.45, 2.75) is 36.2 Å². The number of benzene rings is 3. The molecule has 5 rings (SSSR count). The molecule has 9 heteroatoms. The number of amides is 1. The highest BCUT2D eigenvalue weighted by Gasteiger charge is 2.35. The molecule has 1 aliphatic heterocycles. The lowest BCUT2D eigenvalue weighted by Gasteiger charge is -2.20. The van der Waals surface area contributed by atoms with Gasteiger partial charge < -0.3 is 19.1 Å². The van der Waals surface area contributed by atoms with E-state index in [1.807, 2.05) is 12.1 Å². The molecule has 3 aromatic carbocycles. The van der Waals surface area contributed by atoms with Crippen LogP contribution in [0.5, 0.6) is 17.2 Å². The maximum atomic E-state index is 13.1. The molecule has 38 heavy (non-hydrogen) atoms. The van der Waals surface area contributed by atoms with E-state index in [2.05, 4.69) is 12.1 Å². The number of sulfonamides is 1. The van der Waals surface area contributed by atoms with Gasteiger partial charge in [-0.3, -0.25) is 4.79 Å². The minimum absolute atomic E-state index is 0.0975. The SMILES string of the molecule is COc1cc(N2CC[C@H](Oc3ccc(C4CC4)cc3)C2=O)ccc1OCCN(C)S(=O)(=O)c1ccccc1. The fraction of sp³-hybridized carbons (Fsp3) is 0.345. The maximum Gasteiger partial charge on any atom is 0.268 e. The highest BCUT2D eigenvalue weighted by molar-refractivity contribution is 7.89. The van der Waals surface area contributed by atoms with Gasteiger partial charge in [0.2, 0.25) is 10.0 Å². The molecule has 0 spiro atoms. The van der Waals surface area contributed by atoms with Crippen LogP contribution in [-0.4, -0.2) is 58.6 Å². The topological polar surface area (TPSA) is 85.4 Å². The quantitative estimate of drug-likeness (QED) is 0.360. The van der Waals surface area contributed by atoms with Crippen LogP contribution in [0, 0.1) is 0 Å². The van der Waals surface area contributed by atoms with Crippen LogP contribution in [0.2, 0.25) is 0 Å². The number of carbonyl (C=O) groups excluding carboxylic acids is 1. The first-order valence-corrected chi connectivity index (χ1v) is 14.2. The van der Waals surface area contributed by atoms with Gasteiger partial charge in [-0.1, -0.05) is 30.3 Å². The Kier molecular flexibility index (Phi) is 7.58. The summed E-state index contributed by atoms with van der Waals surface area (Å²) in [5.41, 5.74) is 2.02. The maximum absolute atomic E-state index is 13.1. The summed E-state index contributed by atoms with van der Waals surface area (Å²) in [4.78, 5) is 15.0. The van der Waals surface area contributed by atoms with Crippen molar-refractivity contribution in [3.63, 3.8) is 0 Å². The molecule has 1 atom stereocenters. The first kappa shape index (κ1) is 26.1. The third-order valence-electron chi connectivity index (χ3n) is 6.94. The Morgan fingerprint density at radius 1 is 0.947 bits per heavy atom. The third-order valence-corrected chi connectivity index (χ3v) is 8.81. The zero-order valence-corrected chi connectivity index (χ0v) is 22.4. The van der Waals surface area contributed by atoms with Gasteiger partial charge in [-0.15, -0.1) is 0 Å². The molecule has 0 radical (unpaired) electrons. The number of hydrogen-bond acceptors (Lipinski definition) is 6. The minimum atomic E-state index is -3.60. The first-order valence-electron chi connectivity index (χ1n) is 12.8. The van der Waals surface area contributed by atoms with Gasteiger partial charge in [0.1, 0.15) is 12.4 Å². The molecule has 0 unspecified atom stereocenters. The fourth-order valence-electron chi connectivity index (χ4n) is 4.54. The largest absolute Gasteiger partial charge is 0.493 e. The fourth-order valence-corrected chi connectivity index (χ4v) is 5.72. The van der Waals surface area contributed by atoms with Crippen molar-refractivity contribution in [1.82, 2.24) is 4.31 Å². The van der Waals surface area contributed by atoms with Crippen molar-refractivity contribution in [2.24, 2.45) is 0 Å². The zero-order chi connectivity index (χ0) is 26.7. The lowest BCUT2D eigenvalue weighted by atomic mass is 10.1. The highest BCUT2D eigenvalue weighted by Crippen LogP contribution is 2.40. The number of carbonyl (C=O) groups is 1. The Balaban J connectivity index is 1.18. The van der Waals surface area contributed by atoms with Gasteiger partial charge >= 0.3 is 0 Å². The number of rotatable bonds is 11. The lowest BCUT2D eigenvalue weighted by Crippen LogP contribution is -2.32. The molecule has 1 amide bonds. The summed E-state index contributed by atoms with van der Waals surface area (Å²) in [5.74, 6) is 2.22. The number of ether oxygens (including phenoxy) is 3. The van der Waals surface area contributed by atoms with E-state index in [0.717, 1.165) is 0 Å². The Labute approximate surface area is 223 Å². The van der Waals surface area contributed by atoms with E-state index < -0.39 is 16.1 Å².